The van der Waals surface area contributed by atoms with Gasteiger partial charge in [0.05, 0.1) is 12.6 Å². The summed E-state index contributed by atoms with van der Waals surface area (Å²) in [5.74, 6) is 0.898. The van der Waals surface area contributed by atoms with Gasteiger partial charge >= 0.3 is 0 Å². The highest BCUT2D eigenvalue weighted by Gasteiger charge is 2.34. The predicted octanol–water partition coefficient (Wildman–Crippen LogP) is 3.53. The molecule has 5 heteroatoms. The van der Waals surface area contributed by atoms with Crippen molar-refractivity contribution in [2.75, 3.05) is 26.4 Å². The van der Waals surface area contributed by atoms with Gasteiger partial charge in [0.1, 0.15) is 11.3 Å². The third-order valence-corrected chi connectivity index (χ3v) is 4.77. The van der Waals surface area contributed by atoms with Gasteiger partial charge in [-0.3, -0.25) is 0 Å². The zero-order valence-electron chi connectivity index (χ0n) is 12.8. The second kappa shape index (κ2) is 6.59. The number of aliphatic hydroxyl groups excluding tert-OH is 1. The van der Waals surface area contributed by atoms with E-state index >= 15 is 0 Å². The minimum absolute atomic E-state index is 0.0400. The van der Waals surface area contributed by atoms with Crippen molar-refractivity contribution in [1.29, 1.82) is 0 Å². The standard InChI is InChI=1S/C17H22ClNO3/c1-12(19-10-17(4-6-20)5-7-21-11-17)16-9-13-8-14(18)2-3-15(13)22-16/h2-3,8-9,12,19-20H,4-7,10-11H2,1H3/t12-,17-/m0/s1. The van der Waals surface area contributed by atoms with Crippen LogP contribution in [0.3, 0.4) is 0 Å². The number of furan rings is 1. The molecule has 120 valence electrons. The van der Waals surface area contributed by atoms with Gasteiger partial charge in [-0.1, -0.05) is 11.6 Å². The van der Waals surface area contributed by atoms with E-state index in [1.165, 1.54) is 0 Å². The molecule has 1 aliphatic rings. The van der Waals surface area contributed by atoms with Gasteiger partial charge in [-0.15, -0.1) is 0 Å². The minimum Gasteiger partial charge on any atom is -0.459 e. The summed E-state index contributed by atoms with van der Waals surface area (Å²) in [5.41, 5.74) is 0.889. The van der Waals surface area contributed by atoms with Crippen LogP contribution >= 0.6 is 11.6 Å². The molecule has 2 N–H and O–H groups in total. The number of hydrogen-bond donors (Lipinski definition) is 2. The number of halogens is 1. The Morgan fingerprint density at radius 1 is 1.41 bits per heavy atom. The average molecular weight is 324 g/mol. The monoisotopic (exact) mass is 323 g/mol. The Morgan fingerprint density at radius 2 is 2.27 bits per heavy atom. The van der Waals surface area contributed by atoms with Crippen molar-refractivity contribution in [3.63, 3.8) is 0 Å². The molecule has 2 aromatic rings. The molecule has 0 unspecified atom stereocenters. The Bertz CT molecular complexity index is 634. The molecule has 4 nitrogen and oxygen atoms in total. The van der Waals surface area contributed by atoms with Crippen molar-refractivity contribution in [3.8, 4) is 0 Å². The highest BCUT2D eigenvalue weighted by molar-refractivity contribution is 6.31. The lowest BCUT2D eigenvalue weighted by molar-refractivity contribution is 0.122. The van der Waals surface area contributed by atoms with Crippen molar-refractivity contribution in [2.24, 2.45) is 5.41 Å². The largest absolute Gasteiger partial charge is 0.459 e. The zero-order chi connectivity index (χ0) is 15.6. The fourth-order valence-corrected chi connectivity index (χ4v) is 3.21. The van der Waals surface area contributed by atoms with Crippen molar-refractivity contribution in [2.45, 2.75) is 25.8 Å². The van der Waals surface area contributed by atoms with E-state index in [0.29, 0.717) is 11.6 Å². The Hall–Kier alpha value is -1.07. The van der Waals surface area contributed by atoms with E-state index in [2.05, 4.69) is 12.2 Å². The summed E-state index contributed by atoms with van der Waals surface area (Å²) < 4.78 is 11.4. The summed E-state index contributed by atoms with van der Waals surface area (Å²) in [6.45, 7) is 4.58. The lowest BCUT2D eigenvalue weighted by Crippen LogP contribution is -2.36. The highest BCUT2D eigenvalue weighted by Crippen LogP contribution is 2.33. The van der Waals surface area contributed by atoms with E-state index in [9.17, 15) is 5.11 Å². The van der Waals surface area contributed by atoms with Gasteiger partial charge < -0.3 is 19.6 Å². The van der Waals surface area contributed by atoms with Crippen LogP contribution in [0.5, 0.6) is 0 Å². The van der Waals surface area contributed by atoms with Gasteiger partial charge in [-0.05, 0) is 44.0 Å². The van der Waals surface area contributed by atoms with Gasteiger partial charge in [0.15, 0.2) is 0 Å². The molecular weight excluding hydrogens is 302 g/mol. The number of benzene rings is 1. The highest BCUT2D eigenvalue weighted by atomic mass is 35.5. The third kappa shape index (κ3) is 3.30. The lowest BCUT2D eigenvalue weighted by Gasteiger charge is -2.28. The maximum Gasteiger partial charge on any atom is 0.134 e. The van der Waals surface area contributed by atoms with E-state index in [1.807, 2.05) is 24.3 Å². The molecular formula is C17H22ClNO3. The molecule has 2 heterocycles. The molecule has 0 bridgehead atoms. The first kappa shape index (κ1) is 15.8. The fraction of sp³-hybridized carbons (Fsp3) is 0.529. The first-order valence-corrected chi connectivity index (χ1v) is 8.11. The van der Waals surface area contributed by atoms with E-state index in [-0.39, 0.29) is 18.1 Å². The number of ether oxygens (including phenoxy) is 1. The third-order valence-electron chi connectivity index (χ3n) is 4.53. The van der Waals surface area contributed by atoms with Crippen LogP contribution in [0.4, 0.5) is 0 Å². The molecule has 0 radical (unpaired) electrons. The molecule has 0 aliphatic carbocycles. The molecule has 1 aromatic carbocycles. The van der Waals surface area contributed by atoms with Crippen LogP contribution in [-0.2, 0) is 4.74 Å². The Balaban J connectivity index is 1.68. The van der Waals surface area contributed by atoms with Crippen LogP contribution in [0.15, 0.2) is 28.7 Å². The van der Waals surface area contributed by atoms with Crippen LogP contribution in [-0.4, -0.2) is 31.5 Å². The molecule has 1 aliphatic heterocycles. The van der Waals surface area contributed by atoms with Crippen molar-refractivity contribution < 1.29 is 14.3 Å². The molecule has 1 aromatic heterocycles. The number of rotatable bonds is 6. The number of hydrogen-bond acceptors (Lipinski definition) is 4. The van der Waals surface area contributed by atoms with Crippen molar-refractivity contribution in [1.82, 2.24) is 5.32 Å². The van der Waals surface area contributed by atoms with Crippen LogP contribution < -0.4 is 5.32 Å². The van der Waals surface area contributed by atoms with Crippen LogP contribution in [0.1, 0.15) is 31.6 Å². The zero-order valence-corrected chi connectivity index (χ0v) is 13.5. The van der Waals surface area contributed by atoms with Crippen LogP contribution in [0.2, 0.25) is 5.02 Å². The smallest absolute Gasteiger partial charge is 0.134 e. The number of nitrogens with one attached hydrogen (secondary N) is 1. The topological polar surface area (TPSA) is 54.6 Å². The summed E-state index contributed by atoms with van der Waals surface area (Å²) in [5, 5.41) is 14.5. The Kier molecular flexibility index (Phi) is 4.73. The summed E-state index contributed by atoms with van der Waals surface area (Å²) >= 11 is 6.01. The lowest BCUT2D eigenvalue weighted by atomic mass is 9.84. The summed E-state index contributed by atoms with van der Waals surface area (Å²) in [6, 6.07) is 7.77. The van der Waals surface area contributed by atoms with E-state index in [1.54, 1.807) is 0 Å². The molecule has 0 saturated carbocycles. The van der Waals surface area contributed by atoms with Gasteiger partial charge in [0, 0.05) is 35.6 Å². The molecule has 3 rings (SSSR count). The molecule has 1 saturated heterocycles. The first-order valence-electron chi connectivity index (χ1n) is 7.73. The van der Waals surface area contributed by atoms with Crippen molar-refractivity contribution >= 4 is 22.6 Å². The molecule has 1 fully saturated rings. The predicted molar refractivity (Wildman–Crippen MR) is 87.2 cm³/mol. The Morgan fingerprint density at radius 3 is 3.00 bits per heavy atom. The second-order valence-electron chi connectivity index (χ2n) is 6.21. The normalized spacial score (nSPS) is 23.2. The summed E-state index contributed by atoms with van der Waals surface area (Å²) in [7, 11) is 0. The fourth-order valence-electron chi connectivity index (χ4n) is 3.03. The minimum atomic E-state index is 0.0400. The maximum absolute atomic E-state index is 9.28. The van der Waals surface area contributed by atoms with E-state index in [4.69, 9.17) is 20.8 Å². The van der Waals surface area contributed by atoms with Gasteiger partial charge in [0.25, 0.3) is 0 Å². The van der Waals surface area contributed by atoms with Crippen LogP contribution in [0.25, 0.3) is 11.0 Å². The number of fused-ring (bicyclic) bond motifs is 1. The first-order chi connectivity index (χ1) is 10.6. The van der Waals surface area contributed by atoms with Gasteiger partial charge in [-0.2, -0.15) is 0 Å². The average Bonchev–Trinajstić information content (AvgIpc) is 3.12. The molecule has 0 amide bonds. The maximum atomic E-state index is 9.28. The number of aliphatic hydroxyl groups is 1. The summed E-state index contributed by atoms with van der Waals surface area (Å²) in [4.78, 5) is 0. The quantitative estimate of drug-likeness (QED) is 0.854. The Labute approximate surface area is 135 Å². The molecule has 2 atom stereocenters. The van der Waals surface area contributed by atoms with E-state index in [0.717, 1.165) is 42.7 Å². The van der Waals surface area contributed by atoms with Crippen molar-refractivity contribution in [3.05, 3.63) is 35.0 Å². The molecule has 22 heavy (non-hydrogen) atoms. The second-order valence-corrected chi connectivity index (χ2v) is 6.65. The summed E-state index contributed by atoms with van der Waals surface area (Å²) in [6.07, 6.45) is 1.76. The SMILES string of the molecule is C[C@H](NC[C@]1(CCO)CCOC1)c1cc2cc(Cl)ccc2o1. The van der Waals surface area contributed by atoms with E-state index < -0.39 is 0 Å². The van der Waals surface area contributed by atoms with Gasteiger partial charge in [-0.25, -0.2) is 0 Å². The van der Waals surface area contributed by atoms with Gasteiger partial charge in [0.2, 0.25) is 0 Å². The van der Waals surface area contributed by atoms with Crippen LogP contribution in [0, 0.1) is 5.41 Å². The molecule has 0 spiro atoms.